The zero-order valence-electron chi connectivity index (χ0n) is 12.0. The highest BCUT2D eigenvalue weighted by Gasteiger charge is 2.33. The van der Waals surface area contributed by atoms with Crippen molar-refractivity contribution in [2.45, 2.75) is 25.7 Å². The van der Waals surface area contributed by atoms with Crippen molar-refractivity contribution in [2.75, 3.05) is 0 Å². The maximum atomic E-state index is 13.1. The molecule has 0 aromatic heterocycles. The molecular formula is C18H15FN2. The number of nitrogens with zero attached hydrogens (tertiary/aromatic N) is 2. The molecule has 0 aliphatic rings. The lowest BCUT2D eigenvalue weighted by Gasteiger charge is -2.20. The van der Waals surface area contributed by atoms with E-state index in [9.17, 15) is 14.9 Å². The number of aryl methyl sites for hydroxylation is 2. The van der Waals surface area contributed by atoms with Crippen molar-refractivity contribution >= 4 is 0 Å². The van der Waals surface area contributed by atoms with E-state index in [1.54, 1.807) is 0 Å². The predicted molar refractivity (Wildman–Crippen MR) is 78.9 cm³/mol. The summed E-state index contributed by atoms with van der Waals surface area (Å²) in [6.07, 6.45) is 0.289. The molecule has 0 saturated carbocycles. The van der Waals surface area contributed by atoms with Gasteiger partial charge < -0.3 is 0 Å². The number of benzene rings is 2. The van der Waals surface area contributed by atoms with Gasteiger partial charge in [0.15, 0.2) is 5.41 Å². The number of rotatable bonds is 3. The second-order valence-corrected chi connectivity index (χ2v) is 5.24. The van der Waals surface area contributed by atoms with Crippen molar-refractivity contribution in [3.63, 3.8) is 0 Å². The van der Waals surface area contributed by atoms with Gasteiger partial charge in [-0.3, -0.25) is 0 Å². The largest absolute Gasteiger partial charge is 0.207 e. The van der Waals surface area contributed by atoms with E-state index in [4.69, 9.17) is 0 Å². The minimum atomic E-state index is -1.30. The molecule has 0 amide bonds. The molecular weight excluding hydrogens is 263 g/mol. The van der Waals surface area contributed by atoms with E-state index in [2.05, 4.69) is 12.1 Å². The van der Waals surface area contributed by atoms with Gasteiger partial charge in [-0.15, -0.1) is 0 Å². The van der Waals surface area contributed by atoms with Crippen LogP contribution < -0.4 is 0 Å². The van der Waals surface area contributed by atoms with Crippen LogP contribution in [0.1, 0.15) is 22.3 Å². The quantitative estimate of drug-likeness (QED) is 0.852. The fourth-order valence-electron chi connectivity index (χ4n) is 2.40. The van der Waals surface area contributed by atoms with Gasteiger partial charge in [0.05, 0.1) is 12.1 Å². The molecule has 0 saturated heterocycles. The summed E-state index contributed by atoms with van der Waals surface area (Å²) in [5.41, 5.74) is 2.36. The summed E-state index contributed by atoms with van der Waals surface area (Å²) in [6.45, 7) is 3.96. The summed E-state index contributed by atoms with van der Waals surface area (Å²) in [4.78, 5) is 0. The number of nitriles is 2. The molecule has 0 heterocycles. The lowest BCUT2D eigenvalue weighted by molar-refractivity contribution is 0.622. The first-order valence-electron chi connectivity index (χ1n) is 6.65. The van der Waals surface area contributed by atoms with Crippen molar-refractivity contribution in [3.05, 3.63) is 70.5 Å². The third kappa shape index (κ3) is 2.93. The van der Waals surface area contributed by atoms with Gasteiger partial charge in [0, 0.05) is 6.42 Å². The van der Waals surface area contributed by atoms with Crippen LogP contribution in [0.25, 0.3) is 0 Å². The molecule has 0 atom stereocenters. The van der Waals surface area contributed by atoms with Crippen LogP contribution in [0.5, 0.6) is 0 Å². The Morgan fingerprint density at radius 1 is 1.00 bits per heavy atom. The molecule has 0 fully saturated rings. The van der Waals surface area contributed by atoms with Crippen molar-refractivity contribution in [2.24, 2.45) is 0 Å². The molecule has 0 aliphatic carbocycles. The number of halogens is 1. The van der Waals surface area contributed by atoms with Crippen LogP contribution in [0, 0.1) is 42.3 Å². The third-order valence-electron chi connectivity index (χ3n) is 3.67. The zero-order chi connectivity index (χ0) is 15.5. The Labute approximate surface area is 124 Å². The fourth-order valence-corrected chi connectivity index (χ4v) is 2.40. The van der Waals surface area contributed by atoms with Gasteiger partial charge in [-0.1, -0.05) is 35.9 Å². The number of hydrogen-bond acceptors (Lipinski definition) is 2. The molecule has 0 bridgehead atoms. The van der Waals surface area contributed by atoms with E-state index in [0.717, 1.165) is 16.7 Å². The van der Waals surface area contributed by atoms with Crippen molar-refractivity contribution in [3.8, 4) is 12.1 Å². The standard InChI is InChI=1S/C18H15FN2/c1-13-3-4-15(14(2)9-13)10-18(11-20,12-21)16-5-7-17(19)8-6-16/h3-9H,10H2,1-2H3. The molecule has 2 rings (SSSR count). The van der Waals surface area contributed by atoms with E-state index in [-0.39, 0.29) is 12.2 Å². The highest BCUT2D eigenvalue weighted by molar-refractivity contribution is 5.44. The fraction of sp³-hybridized carbons (Fsp3) is 0.222. The Kier molecular flexibility index (Phi) is 4.05. The van der Waals surface area contributed by atoms with Crippen molar-refractivity contribution in [1.29, 1.82) is 10.5 Å². The molecule has 21 heavy (non-hydrogen) atoms. The van der Waals surface area contributed by atoms with Gasteiger partial charge in [-0.25, -0.2) is 4.39 Å². The Morgan fingerprint density at radius 2 is 1.62 bits per heavy atom. The zero-order valence-corrected chi connectivity index (χ0v) is 12.0. The average molecular weight is 278 g/mol. The molecule has 2 aromatic rings. The molecule has 0 N–H and O–H groups in total. The molecule has 0 spiro atoms. The normalized spacial score (nSPS) is 10.7. The first-order chi connectivity index (χ1) is 10.0. The van der Waals surface area contributed by atoms with Crippen molar-refractivity contribution < 1.29 is 4.39 Å². The topological polar surface area (TPSA) is 47.6 Å². The Bertz CT molecular complexity index is 719. The van der Waals surface area contributed by atoms with Crippen LogP contribution in [0.4, 0.5) is 4.39 Å². The molecule has 0 unspecified atom stereocenters. The van der Waals surface area contributed by atoms with E-state index in [1.165, 1.54) is 24.3 Å². The molecule has 104 valence electrons. The van der Waals surface area contributed by atoms with E-state index in [0.29, 0.717) is 5.56 Å². The van der Waals surface area contributed by atoms with Gasteiger partial charge in [0.2, 0.25) is 0 Å². The molecule has 2 aromatic carbocycles. The minimum absolute atomic E-state index is 0.289. The van der Waals surface area contributed by atoms with Crippen LogP contribution in [0.2, 0.25) is 0 Å². The summed E-state index contributed by atoms with van der Waals surface area (Å²) in [5, 5.41) is 19.1. The summed E-state index contributed by atoms with van der Waals surface area (Å²) in [5.74, 6) is -0.380. The smallest absolute Gasteiger partial charge is 0.172 e. The second-order valence-electron chi connectivity index (χ2n) is 5.24. The molecule has 3 heteroatoms. The van der Waals surface area contributed by atoms with E-state index in [1.807, 2.05) is 32.0 Å². The van der Waals surface area contributed by atoms with Crippen LogP contribution >= 0.6 is 0 Å². The highest BCUT2D eigenvalue weighted by Crippen LogP contribution is 2.29. The van der Waals surface area contributed by atoms with Gasteiger partial charge in [0.25, 0.3) is 0 Å². The lowest BCUT2D eigenvalue weighted by atomic mass is 9.77. The van der Waals surface area contributed by atoms with Crippen molar-refractivity contribution in [1.82, 2.24) is 0 Å². The molecule has 0 radical (unpaired) electrons. The third-order valence-corrected chi connectivity index (χ3v) is 3.67. The maximum absolute atomic E-state index is 13.1. The Hall–Kier alpha value is -2.65. The van der Waals surface area contributed by atoms with Crippen LogP contribution in [0.3, 0.4) is 0 Å². The summed E-state index contributed by atoms with van der Waals surface area (Å²) in [7, 11) is 0. The first kappa shape index (κ1) is 14.8. The number of hydrogen-bond donors (Lipinski definition) is 0. The SMILES string of the molecule is Cc1ccc(CC(C#N)(C#N)c2ccc(F)cc2)c(C)c1. The molecule has 2 nitrogen and oxygen atoms in total. The van der Waals surface area contributed by atoms with Crippen LogP contribution in [-0.4, -0.2) is 0 Å². The van der Waals surface area contributed by atoms with Crippen LogP contribution in [0.15, 0.2) is 42.5 Å². The monoisotopic (exact) mass is 278 g/mol. The maximum Gasteiger partial charge on any atom is 0.172 e. The summed E-state index contributed by atoms with van der Waals surface area (Å²) < 4.78 is 13.1. The average Bonchev–Trinajstić information content (AvgIpc) is 2.48. The lowest BCUT2D eigenvalue weighted by Crippen LogP contribution is -2.25. The van der Waals surface area contributed by atoms with E-state index < -0.39 is 5.41 Å². The Morgan fingerprint density at radius 3 is 2.14 bits per heavy atom. The van der Waals surface area contributed by atoms with Gasteiger partial charge in [-0.05, 0) is 42.7 Å². The minimum Gasteiger partial charge on any atom is -0.207 e. The second kappa shape index (κ2) is 5.77. The van der Waals surface area contributed by atoms with Gasteiger partial charge >= 0.3 is 0 Å². The molecule has 0 aliphatic heterocycles. The summed E-state index contributed by atoms with van der Waals surface area (Å²) >= 11 is 0. The Balaban J connectivity index is 2.47. The van der Waals surface area contributed by atoms with Gasteiger partial charge in [0.1, 0.15) is 5.82 Å². The first-order valence-corrected chi connectivity index (χ1v) is 6.65. The van der Waals surface area contributed by atoms with Gasteiger partial charge in [-0.2, -0.15) is 10.5 Å². The van der Waals surface area contributed by atoms with Crippen LogP contribution in [-0.2, 0) is 11.8 Å². The van der Waals surface area contributed by atoms with E-state index >= 15 is 0 Å². The summed E-state index contributed by atoms with van der Waals surface area (Å²) in [6, 6.07) is 15.7. The predicted octanol–water partition coefficient (Wildman–Crippen LogP) is 3.97. The highest BCUT2D eigenvalue weighted by atomic mass is 19.1.